The molecule has 0 spiro atoms. The largest absolute Gasteiger partial charge is 0.388 e. The number of carbonyl (C=O) groups excluding carboxylic acids is 1. The summed E-state index contributed by atoms with van der Waals surface area (Å²) >= 11 is 5.80. The third-order valence-corrected chi connectivity index (χ3v) is 3.46. The van der Waals surface area contributed by atoms with Crippen molar-refractivity contribution >= 4 is 17.5 Å². The molecule has 1 aromatic carbocycles. The number of rotatable bonds is 3. The molecule has 0 aliphatic carbocycles. The first kappa shape index (κ1) is 14.9. The molecule has 0 bridgehead atoms. The van der Waals surface area contributed by atoms with Gasteiger partial charge in [-0.05, 0) is 39.8 Å². The zero-order chi connectivity index (χ0) is 14.1. The minimum Gasteiger partial charge on any atom is -0.388 e. The van der Waals surface area contributed by atoms with Gasteiger partial charge in [-0.3, -0.25) is 4.79 Å². The lowest BCUT2D eigenvalue weighted by Crippen LogP contribution is -2.57. The Morgan fingerprint density at radius 1 is 1.33 bits per heavy atom. The highest BCUT2D eigenvalue weighted by atomic mass is 35.5. The molecule has 0 fully saturated rings. The van der Waals surface area contributed by atoms with E-state index in [0.717, 1.165) is 6.07 Å². The van der Waals surface area contributed by atoms with Crippen LogP contribution in [0.25, 0.3) is 0 Å². The first-order valence-corrected chi connectivity index (χ1v) is 5.93. The summed E-state index contributed by atoms with van der Waals surface area (Å²) < 4.78 is 13.6. The molecule has 0 atom stereocenters. The number of nitrogens with one attached hydrogen (secondary N) is 1. The highest BCUT2D eigenvalue weighted by Gasteiger charge is 2.37. The predicted molar refractivity (Wildman–Crippen MR) is 69.3 cm³/mol. The lowest BCUT2D eigenvalue weighted by Gasteiger charge is -2.38. The van der Waals surface area contributed by atoms with Crippen molar-refractivity contribution in [3.05, 3.63) is 34.6 Å². The zero-order valence-corrected chi connectivity index (χ0v) is 11.6. The first-order chi connectivity index (χ1) is 8.06. The van der Waals surface area contributed by atoms with Crippen LogP contribution in [0.3, 0.4) is 0 Å². The Kier molecular flexibility index (Phi) is 4.03. The number of aliphatic hydroxyl groups is 1. The second-order valence-electron chi connectivity index (χ2n) is 5.23. The van der Waals surface area contributed by atoms with Crippen molar-refractivity contribution in [2.75, 3.05) is 0 Å². The van der Waals surface area contributed by atoms with Crippen LogP contribution in [-0.2, 0) is 0 Å². The van der Waals surface area contributed by atoms with E-state index in [1.54, 1.807) is 27.7 Å². The van der Waals surface area contributed by atoms with Gasteiger partial charge >= 0.3 is 0 Å². The molecule has 0 unspecified atom stereocenters. The molecule has 2 N–H and O–H groups in total. The maximum absolute atomic E-state index is 13.6. The van der Waals surface area contributed by atoms with Gasteiger partial charge in [0.2, 0.25) is 0 Å². The lowest BCUT2D eigenvalue weighted by molar-refractivity contribution is -0.00300. The Balaban J connectivity index is 3.04. The van der Waals surface area contributed by atoms with E-state index < -0.39 is 22.9 Å². The fraction of sp³-hybridized carbons (Fsp3) is 0.462. The van der Waals surface area contributed by atoms with Crippen molar-refractivity contribution < 1.29 is 14.3 Å². The molecule has 0 saturated carbocycles. The van der Waals surface area contributed by atoms with E-state index >= 15 is 0 Å². The van der Waals surface area contributed by atoms with E-state index in [9.17, 15) is 14.3 Å². The van der Waals surface area contributed by atoms with Crippen molar-refractivity contribution in [2.45, 2.75) is 38.8 Å². The molecule has 1 amide bonds. The molecule has 0 aliphatic heterocycles. The van der Waals surface area contributed by atoms with Gasteiger partial charge in [-0.2, -0.15) is 0 Å². The number of amides is 1. The summed E-state index contributed by atoms with van der Waals surface area (Å²) in [5, 5.41) is 12.6. The Morgan fingerprint density at radius 3 is 2.33 bits per heavy atom. The summed E-state index contributed by atoms with van der Waals surface area (Å²) in [6.45, 7) is 6.44. The SMILES string of the molecule is CC(C)(O)C(C)(C)NC(=O)c1c(F)cccc1Cl. The van der Waals surface area contributed by atoms with E-state index in [2.05, 4.69) is 5.32 Å². The van der Waals surface area contributed by atoms with E-state index in [-0.39, 0.29) is 10.6 Å². The van der Waals surface area contributed by atoms with E-state index in [0.29, 0.717) is 0 Å². The van der Waals surface area contributed by atoms with Crippen molar-refractivity contribution in [3.8, 4) is 0 Å². The van der Waals surface area contributed by atoms with Crippen LogP contribution in [0.1, 0.15) is 38.1 Å². The summed E-state index contributed by atoms with van der Waals surface area (Å²) in [5.41, 5.74) is -2.28. The molecule has 1 aromatic rings. The average Bonchev–Trinajstić information content (AvgIpc) is 2.14. The smallest absolute Gasteiger partial charge is 0.256 e. The van der Waals surface area contributed by atoms with Crippen LogP contribution in [0, 0.1) is 5.82 Å². The summed E-state index contributed by atoms with van der Waals surface area (Å²) in [4.78, 5) is 12.0. The highest BCUT2D eigenvalue weighted by Crippen LogP contribution is 2.24. The molecule has 5 heteroatoms. The van der Waals surface area contributed by atoms with Gasteiger partial charge < -0.3 is 10.4 Å². The number of benzene rings is 1. The second-order valence-corrected chi connectivity index (χ2v) is 5.64. The number of carbonyl (C=O) groups is 1. The Labute approximate surface area is 111 Å². The predicted octanol–water partition coefficient (Wildman–Crippen LogP) is 2.76. The van der Waals surface area contributed by atoms with Crippen molar-refractivity contribution in [1.82, 2.24) is 5.32 Å². The average molecular weight is 274 g/mol. The molecule has 0 radical (unpaired) electrons. The van der Waals surface area contributed by atoms with Crippen molar-refractivity contribution in [1.29, 1.82) is 0 Å². The minimum atomic E-state index is -1.15. The van der Waals surface area contributed by atoms with E-state index in [4.69, 9.17) is 11.6 Å². The van der Waals surface area contributed by atoms with Gasteiger partial charge in [0.05, 0.1) is 21.7 Å². The standard InChI is InChI=1S/C13H17ClFNO2/c1-12(2,13(3,4)18)16-11(17)10-8(14)6-5-7-9(10)15/h5-7,18H,1-4H3,(H,16,17). The second kappa shape index (κ2) is 4.86. The monoisotopic (exact) mass is 273 g/mol. The molecule has 100 valence electrons. The molecule has 0 aliphatic rings. The van der Waals surface area contributed by atoms with Crippen molar-refractivity contribution in [3.63, 3.8) is 0 Å². The lowest BCUT2D eigenvalue weighted by atomic mass is 9.85. The fourth-order valence-electron chi connectivity index (χ4n) is 1.21. The molecule has 1 rings (SSSR count). The quantitative estimate of drug-likeness (QED) is 0.890. The minimum absolute atomic E-state index is 0.0408. The van der Waals surface area contributed by atoms with Crippen molar-refractivity contribution in [2.24, 2.45) is 0 Å². The maximum Gasteiger partial charge on any atom is 0.256 e. The fourth-order valence-corrected chi connectivity index (χ4v) is 1.46. The van der Waals surface area contributed by atoms with Gasteiger partial charge in [-0.15, -0.1) is 0 Å². The van der Waals surface area contributed by atoms with Gasteiger partial charge in [0.1, 0.15) is 5.82 Å². The molecule has 18 heavy (non-hydrogen) atoms. The van der Waals surface area contributed by atoms with Crippen LogP contribution in [0.5, 0.6) is 0 Å². The van der Waals surface area contributed by atoms with Crippen LogP contribution in [0.2, 0.25) is 5.02 Å². The molecular formula is C13H17ClFNO2. The van der Waals surface area contributed by atoms with Crippen LogP contribution in [-0.4, -0.2) is 22.2 Å². The Bertz CT molecular complexity index is 446. The molecule has 0 heterocycles. The van der Waals surface area contributed by atoms with Gasteiger partial charge in [0.25, 0.3) is 5.91 Å². The third-order valence-electron chi connectivity index (χ3n) is 3.15. The summed E-state index contributed by atoms with van der Waals surface area (Å²) in [7, 11) is 0. The van der Waals surface area contributed by atoms with E-state index in [1.807, 2.05) is 0 Å². The van der Waals surface area contributed by atoms with Gasteiger partial charge in [-0.25, -0.2) is 4.39 Å². The Hall–Kier alpha value is -1.13. The number of hydrogen-bond donors (Lipinski definition) is 2. The summed E-state index contributed by atoms with van der Waals surface area (Å²) in [6.07, 6.45) is 0. The molecule has 0 aromatic heterocycles. The van der Waals surface area contributed by atoms with Crippen LogP contribution >= 0.6 is 11.6 Å². The van der Waals surface area contributed by atoms with Crippen LogP contribution in [0.4, 0.5) is 4.39 Å². The molecule has 3 nitrogen and oxygen atoms in total. The van der Waals surface area contributed by atoms with Gasteiger partial charge in [0.15, 0.2) is 0 Å². The number of hydrogen-bond acceptors (Lipinski definition) is 2. The molecular weight excluding hydrogens is 257 g/mol. The zero-order valence-electron chi connectivity index (χ0n) is 10.8. The van der Waals surface area contributed by atoms with Gasteiger partial charge in [-0.1, -0.05) is 17.7 Å². The highest BCUT2D eigenvalue weighted by molar-refractivity contribution is 6.33. The summed E-state index contributed by atoms with van der Waals surface area (Å²) in [6, 6.07) is 4.03. The Morgan fingerprint density at radius 2 is 1.89 bits per heavy atom. The topological polar surface area (TPSA) is 49.3 Å². The van der Waals surface area contributed by atoms with E-state index in [1.165, 1.54) is 12.1 Å². The van der Waals surface area contributed by atoms with Gasteiger partial charge in [0, 0.05) is 0 Å². The van der Waals surface area contributed by atoms with Crippen LogP contribution in [0.15, 0.2) is 18.2 Å². The first-order valence-electron chi connectivity index (χ1n) is 5.55. The molecule has 0 saturated heterocycles. The summed E-state index contributed by atoms with van der Waals surface area (Å²) in [5.74, 6) is -1.34. The number of halogens is 2. The normalized spacial score (nSPS) is 12.4. The third kappa shape index (κ3) is 3.00. The van der Waals surface area contributed by atoms with Crippen LogP contribution < -0.4 is 5.32 Å². The maximum atomic E-state index is 13.6.